The molecule has 0 saturated heterocycles. The van der Waals surface area contributed by atoms with E-state index in [1.807, 2.05) is 30.3 Å². The minimum atomic E-state index is -0.618. The third kappa shape index (κ3) is 4.22. The van der Waals surface area contributed by atoms with Gasteiger partial charge in [-0.15, -0.1) is 0 Å². The van der Waals surface area contributed by atoms with Crippen molar-refractivity contribution in [3.63, 3.8) is 0 Å². The number of halogens is 1. The Morgan fingerprint density at radius 2 is 1.80 bits per heavy atom. The van der Waals surface area contributed by atoms with Gasteiger partial charge in [0, 0.05) is 26.7 Å². The monoisotopic (exact) mass is 362 g/mol. The fourth-order valence-electron chi connectivity index (χ4n) is 2.32. The minimum Gasteiger partial charge on any atom is -0.504 e. The van der Waals surface area contributed by atoms with Crippen molar-refractivity contribution in [3.8, 4) is 11.5 Å². The number of nitrogens with zero attached hydrogens (tertiary/aromatic N) is 2. The Balaban J connectivity index is 2.16. The number of phenolic OH excluding ortho intramolecular Hbond substituents is 1. The third-order valence-corrected chi connectivity index (χ3v) is 3.99. The number of hydrogen-bond acceptors (Lipinski definition) is 4. The lowest BCUT2D eigenvalue weighted by Crippen LogP contribution is -2.42. The molecule has 0 spiro atoms. The zero-order valence-electron chi connectivity index (χ0n) is 14.2. The second kappa shape index (κ2) is 7.90. The van der Waals surface area contributed by atoms with E-state index in [1.165, 1.54) is 31.2 Å². The smallest absolute Gasteiger partial charge is 0.326 e. The summed E-state index contributed by atoms with van der Waals surface area (Å²) < 4.78 is 4.94. The van der Waals surface area contributed by atoms with Gasteiger partial charge in [0.1, 0.15) is 0 Å². The molecule has 0 aliphatic heterocycles. The zero-order chi connectivity index (χ0) is 18.6. The van der Waals surface area contributed by atoms with Crippen LogP contribution in [0.1, 0.15) is 15.9 Å². The molecule has 0 saturated carbocycles. The largest absolute Gasteiger partial charge is 0.504 e. The summed E-state index contributed by atoms with van der Waals surface area (Å²) in [6, 6.07) is 11.5. The molecule has 0 atom stereocenters. The summed E-state index contributed by atoms with van der Waals surface area (Å²) in [5.41, 5.74) is 0.961. The number of imide groups is 1. The number of phenols is 1. The van der Waals surface area contributed by atoms with Crippen molar-refractivity contribution in [2.75, 3.05) is 21.2 Å². The number of methoxy groups -OCH3 is 1. The molecule has 2 aromatic carbocycles. The first-order valence-electron chi connectivity index (χ1n) is 7.48. The Hall–Kier alpha value is -2.73. The lowest BCUT2D eigenvalue weighted by atomic mass is 10.1. The van der Waals surface area contributed by atoms with Crippen LogP contribution in [0.5, 0.6) is 11.5 Å². The number of rotatable bonds is 4. The number of hydrogen-bond donors (Lipinski definition) is 1. The second-order valence-electron chi connectivity index (χ2n) is 5.49. The predicted molar refractivity (Wildman–Crippen MR) is 95.1 cm³/mol. The van der Waals surface area contributed by atoms with Crippen molar-refractivity contribution < 1.29 is 19.4 Å². The van der Waals surface area contributed by atoms with Crippen molar-refractivity contribution in [3.05, 3.63) is 58.6 Å². The van der Waals surface area contributed by atoms with Crippen molar-refractivity contribution in [1.29, 1.82) is 0 Å². The normalized spacial score (nSPS) is 10.2. The highest BCUT2D eigenvalue weighted by atomic mass is 35.5. The van der Waals surface area contributed by atoms with Crippen molar-refractivity contribution in [2.45, 2.75) is 6.54 Å². The fourth-order valence-corrected chi connectivity index (χ4v) is 2.55. The van der Waals surface area contributed by atoms with Crippen LogP contribution >= 0.6 is 11.6 Å². The van der Waals surface area contributed by atoms with Gasteiger partial charge in [-0.1, -0.05) is 41.9 Å². The summed E-state index contributed by atoms with van der Waals surface area (Å²) in [6.07, 6.45) is 0. The lowest BCUT2D eigenvalue weighted by molar-refractivity contribution is 0.0801. The summed E-state index contributed by atoms with van der Waals surface area (Å²) in [6.45, 7) is 0.360. The first-order valence-corrected chi connectivity index (χ1v) is 7.86. The van der Waals surface area contributed by atoms with Crippen molar-refractivity contribution in [1.82, 2.24) is 9.80 Å². The van der Waals surface area contributed by atoms with Gasteiger partial charge >= 0.3 is 6.03 Å². The van der Waals surface area contributed by atoms with Gasteiger partial charge in [0.2, 0.25) is 0 Å². The number of benzene rings is 2. The van der Waals surface area contributed by atoms with Crippen LogP contribution in [-0.2, 0) is 6.54 Å². The van der Waals surface area contributed by atoms with Gasteiger partial charge in [-0.05, 0) is 11.6 Å². The summed E-state index contributed by atoms with van der Waals surface area (Å²) >= 11 is 6.07. The van der Waals surface area contributed by atoms with E-state index in [-0.39, 0.29) is 22.1 Å². The highest BCUT2D eigenvalue weighted by Crippen LogP contribution is 2.32. The first-order chi connectivity index (χ1) is 11.8. The maximum atomic E-state index is 12.6. The fraction of sp³-hybridized carbons (Fsp3) is 0.222. The van der Waals surface area contributed by atoms with Crippen LogP contribution in [0.3, 0.4) is 0 Å². The lowest BCUT2D eigenvalue weighted by Gasteiger charge is -2.24. The first kappa shape index (κ1) is 18.6. The molecular formula is C18H19ClN2O4. The number of amides is 3. The molecule has 1 N–H and O–H groups in total. The maximum Gasteiger partial charge on any atom is 0.326 e. The Morgan fingerprint density at radius 1 is 1.16 bits per heavy atom. The van der Waals surface area contributed by atoms with Crippen LogP contribution in [0.2, 0.25) is 5.02 Å². The van der Waals surface area contributed by atoms with E-state index in [0.29, 0.717) is 6.54 Å². The molecule has 0 radical (unpaired) electrons. The molecule has 3 amide bonds. The molecule has 0 heterocycles. The van der Waals surface area contributed by atoms with Crippen LogP contribution in [0, 0.1) is 0 Å². The van der Waals surface area contributed by atoms with Crippen LogP contribution < -0.4 is 4.74 Å². The van der Waals surface area contributed by atoms with Crippen LogP contribution in [0.4, 0.5) is 4.79 Å². The summed E-state index contributed by atoms with van der Waals surface area (Å²) in [7, 11) is 4.34. The van der Waals surface area contributed by atoms with Crippen molar-refractivity contribution >= 4 is 23.5 Å². The standard InChI is InChI=1S/C18H19ClN2O4/c1-20(11-12-7-5-4-6-8-12)18(24)21(2)17(23)13-9-15(22)16(25-3)10-14(13)19/h4-10,22H,11H2,1-3H3. The van der Waals surface area contributed by atoms with Crippen LogP contribution in [0.25, 0.3) is 0 Å². The molecule has 0 aromatic heterocycles. The number of ether oxygens (including phenoxy) is 1. The molecule has 0 bridgehead atoms. The molecule has 0 aliphatic rings. The van der Waals surface area contributed by atoms with Gasteiger partial charge in [-0.3, -0.25) is 9.69 Å². The van der Waals surface area contributed by atoms with E-state index < -0.39 is 11.9 Å². The van der Waals surface area contributed by atoms with E-state index in [0.717, 1.165) is 10.5 Å². The SMILES string of the molecule is COc1cc(Cl)c(C(=O)N(C)C(=O)N(C)Cc2ccccc2)cc1O. The second-order valence-corrected chi connectivity index (χ2v) is 5.90. The van der Waals surface area contributed by atoms with Gasteiger partial charge in [-0.2, -0.15) is 0 Å². The molecule has 6 nitrogen and oxygen atoms in total. The van der Waals surface area contributed by atoms with E-state index in [1.54, 1.807) is 7.05 Å². The molecule has 0 fully saturated rings. The Labute approximate surface area is 151 Å². The number of carbonyl (C=O) groups is 2. The topological polar surface area (TPSA) is 70.1 Å². The average molecular weight is 363 g/mol. The molecular weight excluding hydrogens is 344 g/mol. The molecule has 0 unspecified atom stereocenters. The Bertz CT molecular complexity index is 780. The van der Waals surface area contributed by atoms with Gasteiger partial charge < -0.3 is 14.7 Å². The molecule has 0 aliphatic carbocycles. The van der Waals surface area contributed by atoms with E-state index in [2.05, 4.69) is 0 Å². The molecule has 2 rings (SSSR count). The summed E-state index contributed by atoms with van der Waals surface area (Å²) in [5.74, 6) is -0.696. The van der Waals surface area contributed by atoms with E-state index in [9.17, 15) is 14.7 Å². The predicted octanol–water partition coefficient (Wildman–Crippen LogP) is 3.38. The van der Waals surface area contributed by atoms with Crippen molar-refractivity contribution in [2.24, 2.45) is 0 Å². The Kier molecular flexibility index (Phi) is 5.88. The van der Waals surface area contributed by atoms with E-state index in [4.69, 9.17) is 16.3 Å². The minimum absolute atomic E-state index is 0.0175. The average Bonchev–Trinajstić information content (AvgIpc) is 2.62. The third-order valence-electron chi connectivity index (χ3n) is 3.68. The quantitative estimate of drug-likeness (QED) is 0.905. The van der Waals surface area contributed by atoms with Gasteiger partial charge in [0.25, 0.3) is 5.91 Å². The van der Waals surface area contributed by atoms with Gasteiger partial charge in [0.05, 0.1) is 17.7 Å². The zero-order valence-corrected chi connectivity index (χ0v) is 14.9. The highest BCUT2D eigenvalue weighted by Gasteiger charge is 2.25. The van der Waals surface area contributed by atoms with E-state index >= 15 is 0 Å². The number of carbonyl (C=O) groups excluding carboxylic acids is 2. The molecule has 2 aromatic rings. The molecule has 132 valence electrons. The van der Waals surface area contributed by atoms with Gasteiger partial charge in [0.15, 0.2) is 11.5 Å². The maximum absolute atomic E-state index is 12.6. The number of urea groups is 1. The van der Waals surface area contributed by atoms with Crippen LogP contribution in [0.15, 0.2) is 42.5 Å². The number of aromatic hydroxyl groups is 1. The summed E-state index contributed by atoms with van der Waals surface area (Å²) in [5, 5.41) is 9.93. The summed E-state index contributed by atoms with van der Waals surface area (Å²) in [4.78, 5) is 27.4. The van der Waals surface area contributed by atoms with Crippen LogP contribution in [-0.4, -0.2) is 48.0 Å². The molecule has 25 heavy (non-hydrogen) atoms. The Morgan fingerprint density at radius 3 is 2.40 bits per heavy atom. The highest BCUT2D eigenvalue weighted by molar-refractivity contribution is 6.34. The molecule has 7 heteroatoms. The van der Waals surface area contributed by atoms with Gasteiger partial charge in [-0.25, -0.2) is 4.79 Å².